The maximum atomic E-state index is 13.3. The van der Waals surface area contributed by atoms with Crippen molar-refractivity contribution < 1.29 is 9.53 Å². The molecule has 0 radical (unpaired) electrons. The summed E-state index contributed by atoms with van der Waals surface area (Å²) in [4.78, 5) is 17.8. The summed E-state index contributed by atoms with van der Waals surface area (Å²) in [5, 5.41) is 4.35. The summed E-state index contributed by atoms with van der Waals surface area (Å²) >= 11 is 0. The number of rotatable bonds is 4. The van der Waals surface area contributed by atoms with E-state index in [1.807, 2.05) is 54.3 Å². The Balaban J connectivity index is 1.62. The number of aryl methyl sites for hydroxylation is 2. The van der Waals surface area contributed by atoms with E-state index in [0.717, 1.165) is 25.2 Å². The maximum absolute atomic E-state index is 13.3. The molecule has 2 saturated heterocycles. The second kappa shape index (κ2) is 7.86. The molecule has 0 saturated carbocycles. The van der Waals surface area contributed by atoms with Crippen LogP contribution in [0, 0.1) is 0 Å². The van der Waals surface area contributed by atoms with Crippen molar-refractivity contribution in [2.24, 2.45) is 14.1 Å². The van der Waals surface area contributed by atoms with Crippen LogP contribution in [0.3, 0.4) is 0 Å². The van der Waals surface area contributed by atoms with Crippen LogP contribution in [0.25, 0.3) is 0 Å². The van der Waals surface area contributed by atoms with Gasteiger partial charge in [0, 0.05) is 45.1 Å². The van der Waals surface area contributed by atoms with Gasteiger partial charge in [-0.15, -0.1) is 0 Å². The maximum Gasteiger partial charge on any atom is 0.271 e. The minimum Gasteiger partial charge on any atom is -0.373 e. The van der Waals surface area contributed by atoms with E-state index in [0.29, 0.717) is 18.8 Å². The topological polar surface area (TPSA) is 55.5 Å². The number of hydrogen-bond donors (Lipinski definition) is 0. The van der Waals surface area contributed by atoms with Gasteiger partial charge in [-0.05, 0) is 38.1 Å². The minimum absolute atomic E-state index is 0.0368. The van der Waals surface area contributed by atoms with Crippen LogP contribution in [-0.4, -0.2) is 68.9 Å². The second-order valence-electron chi connectivity index (χ2n) is 7.67. The van der Waals surface area contributed by atoms with E-state index < -0.39 is 0 Å². The lowest BCUT2D eigenvalue weighted by Crippen LogP contribution is -2.52. The van der Waals surface area contributed by atoms with Crippen molar-refractivity contribution in [3.8, 4) is 0 Å². The van der Waals surface area contributed by atoms with E-state index >= 15 is 0 Å². The van der Waals surface area contributed by atoms with Gasteiger partial charge in [-0.25, -0.2) is 0 Å². The summed E-state index contributed by atoms with van der Waals surface area (Å²) in [6.07, 6.45) is 9.56. The van der Waals surface area contributed by atoms with Crippen LogP contribution in [0.1, 0.15) is 41.4 Å². The Morgan fingerprint density at radius 3 is 2.70 bits per heavy atom. The average Bonchev–Trinajstić information content (AvgIpc) is 3.30. The molecule has 2 atom stereocenters. The summed E-state index contributed by atoms with van der Waals surface area (Å²) in [5.41, 5.74) is 1.75. The first kappa shape index (κ1) is 18.3. The van der Waals surface area contributed by atoms with Gasteiger partial charge in [0.2, 0.25) is 0 Å². The Morgan fingerprint density at radius 1 is 1.22 bits per heavy atom. The number of hydrogen-bond acceptors (Lipinski definition) is 4. The number of carbonyl (C=O) groups excluding carboxylic acids is 1. The number of aromatic nitrogens is 3. The molecule has 0 spiro atoms. The summed E-state index contributed by atoms with van der Waals surface area (Å²) in [6.45, 7) is 4.26. The number of likely N-dealkylation sites (tertiary alicyclic amines) is 1. The molecule has 7 nitrogen and oxygen atoms in total. The number of morpholine rings is 1. The van der Waals surface area contributed by atoms with E-state index in [-0.39, 0.29) is 18.1 Å². The SMILES string of the molecule is Cn1cc([C@H]2[C@H](CN3CCCCC3)OCCN2C(=O)c2cccn2C)cn1. The van der Waals surface area contributed by atoms with E-state index in [1.165, 1.54) is 19.3 Å². The fourth-order valence-corrected chi connectivity index (χ4v) is 4.33. The van der Waals surface area contributed by atoms with Gasteiger partial charge in [-0.1, -0.05) is 6.42 Å². The van der Waals surface area contributed by atoms with Crippen LogP contribution < -0.4 is 0 Å². The smallest absolute Gasteiger partial charge is 0.271 e. The molecule has 4 heterocycles. The summed E-state index contributed by atoms with van der Waals surface area (Å²) in [6, 6.07) is 3.69. The standard InChI is InChI=1S/C20H29N5O2/c1-22-8-6-7-17(22)20(26)25-11-12-27-18(15-24-9-4-3-5-10-24)19(25)16-13-21-23(2)14-16/h6-8,13-14,18-19H,3-5,9-12,15H2,1-2H3/t18-,19-/m0/s1. The fourth-order valence-electron chi connectivity index (χ4n) is 4.33. The Kier molecular flexibility index (Phi) is 5.31. The van der Waals surface area contributed by atoms with E-state index in [4.69, 9.17) is 4.74 Å². The molecule has 1 amide bonds. The van der Waals surface area contributed by atoms with Crippen molar-refractivity contribution in [1.82, 2.24) is 24.1 Å². The summed E-state index contributed by atoms with van der Waals surface area (Å²) < 4.78 is 9.89. The molecule has 2 aliphatic heterocycles. The van der Waals surface area contributed by atoms with Gasteiger partial charge in [0.05, 0.1) is 24.9 Å². The highest BCUT2D eigenvalue weighted by atomic mass is 16.5. The molecule has 4 rings (SSSR count). The first-order chi connectivity index (χ1) is 13.1. The van der Waals surface area contributed by atoms with Crippen molar-refractivity contribution >= 4 is 5.91 Å². The first-order valence-corrected chi connectivity index (χ1v) is 9.88. The van der Waals surface area contributed by atoms with Crippen LogP contribution in [0.15, 0.2) is 30.7 Å². The summed E-state index contributed by atoms with van der Waals surface area (Å²) in [7, 11) is 3.83. The van der Waals surface area contributed by atoms with Crippen molar-refractivity contribution in [2.75, 3.05) is 32.8 Å². The lowest BCUT2D eigenvalue weighted by atomic mass is 9.99. The third kappa shape index (κ3) is 3.80. The molecular weight excluding hydrogens is 342 g/mol. The van der Waals surface area contributed by atoms with E-state index in [2.05, 4.69) is 10.00 Å². The highest BCUT2D eigenvalue weighted by molar-refractivity contribution is 5.93. The molecule has 7 heteroatoms. The Labute approximate surface area is 160 Å². The Hall–Kier alpha value is -2.12. The lowest BCUT2D eigenvalue weighted by Gasteiger charge is -2.43. The minimum atomic E-state index is -0.114. The molecule has 146 valence electrons. The highest BCUT2D eigenvalue weighted by Gasteiger charge is 2.39. The molecule has 0 aromatic carbocycles. The van der Waals surface area contributed by atoms with Gasteiger partial charge in [-0.2, -0.15) is 5.10 Å². The zero-order valence-electron chi connectivity index (χ0n) is 16.3. The third-order valence-corrected chi connectivity index (χ3v) is 5.73. The highest BCUT2D eigenvalue weighted by Crippen LogP contribution is 2.32. The van der Waals surface area contributed by atoms with Gasteiger partial charge in [-0.3, -0.25) is 9.48 Å². The quantitative estimate of drug-likeness (QED) is 0.823. The molecule has 2 aliphatic rings. The molecular formula is C20H29N5O2. The van der Waals surface area contributed by atoms with Crippen LogP contribution in [0.5, 0.6) is 0 Å². The molecule has 0 aliphatic carbocycles. The Morgan fingerprint density at radius 2 is 2.04 bits per heavy atom. The zero-order valence-corrected chi connectivity index (χ0v) is 16.3. The lowest BCUT2D eigenvalue weighted by molar-refractivity contribution is -0.0743. The van der Waals surface area contributed by atoms with Crippen LogP contribution >= 0.6 is 0 Å². The largest absolute Gasteiger partial charge is 0.373 e. The molecule has 0 N–H and O–H groups in total. The number of nitrogens with zero attached hydrogens (tertiary/aromatic N) is 5. The molecule has 2 fully saturated rings. The fraction of sp³-hybridized carbons (Fsp3) is 0.600. The van der Waals surface area contributed by atoms with Crippen molar-refractivity contribution in [1.29, 1.82) is 0 Å². The number of amides is 1. The summed E-state index contributed by atoms with van der Waals surface area (Å²) in [5.74, 6) is 0.0586. The predicted octanol–water partition coefficient (Wildman–Crippen LogP) is 1.83. The van der Waals surface area contributed by atoms with Gasteiger partial charge in [0.25, 0.3) is 5.91 Å². The van der Waals surface area contributed by atoms with Crippen LogP contribution in [-0.2, 0) is 18.8 Å². The zero-order chi connectivity index (χ0) is 18.8. The second-order valence-corrected chi connectivity index (χ2v) is 7.67. The monoisotopic (exact) mass is 371 g/mol. The Bertz CT molecular complexity index is 777. The van der Waals surface area contributed by atoms with E-state index in [1.54, 1.807) is 4.68 Å². The average molecular weight is 371 g/mol. The van der Waals surface area contributed by atoms with Gasteiger partial charge in [0.1, 0.15) is 5.69 Å². The predicted molar refractivity (Wildman–Crippen MR) is 102 cm³/mol. The van der Waals surface area contributed by atoms with Crippen molar-refractivity contribution in [3.63, 3.8) is 0 Å². The van der Waals surface area contributed by atoms with Crippen LogP contribution in [0.4, 0.5) is 0 Å². The molecule has 2 aromatic rings. The number of carbonyl (C=O) groups is 1. The van der Waals surface area contributed by atoms with Gasteiger partial charge >= 0.3 is 0 Å². The molecule has 0 unspecified atom stereocenters. The molecule has 2 aromatic heterocycles. The van der Waals surface area contributed by atoms with E-state index in [9.17, 15) is 4.79 Å². The van der Waals surface area contributed by atoms with Crippen LogP contribution in [0.2, 0.25) is 0 Å². The first-order valence-electron chi connectivity index (χ1n) is 9.88. The van der Waals surface area contributed by atoms with Gasteiger partial charge < -0.3 is 19.1 Å². The third-order valence-electron chi connectivity index (χ3n) is 5.73. The molecule has 27 heavy (non-hydrogen) atoms. The normalized spacial score (nSPS) is 24.3. The number of ether oxygens (including phenoxy) is 1. The van der Waals surface area contributed by atoms with Crippen molar-refractivity contribution in [3.05, 3.63) is 42.0 Å². The molecule has 0 bridgehead atoms. The van der Waals surface area contributed by atoms with Gasteiger partial charge in [0.15, 0.2) is 0 Å². The number of piperidine rings is 1. The van der Waals surface area contributed by atoms with Crippen molar-refractivity contribution in [2.45, 2.75) is 31.4 Å².